The van der Waals surface area contributed by atoms with E-state index in [-0.39, 0.29) is 5.91 Å². The lowest BCUT2D eigenvalue weighted by Crippen LogP contribution is -2.22. The molecule has 0 aliphatic carbocycles. The molecule has 2 aromatic heterocycles. The number of carbonyl (C=O) groups excluding carboxylic acids is 1. The van der Waals surface area contributed by atoms with E-state index in [1.165, 1.54) is 0 Å². The normalized spacial score (nSPS) is 10.8. The first-order chi connectivity index (χ1) is 12.2. The Morgan fingerprint density at radius 2 is 2.20 bits per heavy atom. The number of hydrogen-bond donors (Lipinski definition) is 2. The molecule has 6 nitrogen and oxygen atoms in total. The minimum atomic E-state index is -0.203. The van der Waals surface area contributed by atoms with Gasteiger partial charge in [-0.1, -0.05) is 17.7 Å². The van der Waals surface area contributed by atoms with Crippen molar-refractivity contribution >= 4 is 23.0 Å². The molecule has 0 aliphatic heterocycles. The van der Waals surface area contributed by atoms with Crippen LogP contribution in [0.1, 0.15) is 22.3 Å². The molecule has 2 heterocycles. The number of nitrogens with two attached hydrogens (primary N) is 1. The van der Waals surface area contributed by atoms with E-state index in [1.54, 1.807) is 28.9 Å². The van der Waals surface area contributed by atoms with Crippen LogP contribution in [0.25, 0.3) is 5.52 Å². The average molecular weight is 359 g/mol. The molecule has 0 saturated carbocycles. The highest BCUT2D eigenvalue weighted by Crippen LogP contribution is 2.25. The molecule has 3 N–H and O–H groups in total. The third-order valence-corrected chi connectivity index (χ3v) is 4.04. The van der Waals surface area contributed by atoms with Gasteiger partial charge in [-0.15, -0.1) is 0 Å². The van der Waals surface area contributed by atoms with Crippen molar-refractivity contribution in [1.82, 2.24) is 14.9 Å². The average Bonchev–Trinajstić information content (AvgIpc) is 3.04. The Morgan fingerprint density at radius 3 is 3.00 bits per heavy atom. The number of amides is 1. The molecular formula is C18H19ClN4O2. The summed E-state index contributed by atoms with van der Waals surface area (Å²) < 4.78 is 7.29. The van der Waals surface area contributed by atoms with Crippen molar-refractivity contribution in [3.63, 3.8) is 0 Å². The van der Waals surface area contributed by atoms with Crippen molar-refractivity contribution in [2.45, 2.75) is 13.0 Å². The Morgan fingerprint density at radius 1 is 1.32 bits per heavy atom. The number of rotatable bonds is 7. The topological polar surface area (TPSA) is 81.6 Å². The van der Waals surface area contributed by atoms with Crippen LogP contribution in [0.4, 0.5) is 0 Å². The number of fused-ring (bicyclic) bond motifs is 1. The number of halogens is 1. The van der Waals surface area contributed by atoms with Crippen LogP contribution in [0.5, 0.6) is 5.75 Å². The largest absolute Gasteiger partial charge is 0.492 e. The molecule has 0 aliphatic rings. The van der Waals surface area contributed by atoms with Gasteiger partial charge in [0.05, 0.1) is 23.3 Å². The number of aromatic nitrogens is 2. The molecule has 3 aromatic rings. The molecule has 7 heteroatoms. The van der Waals surface area contributed by atoms with Crippen molar-refractivity contribution in [2.24, 2.45) is 5.73 Å². The number of hydrogen-bond acceptors (Lipinski definition) is 4. The van der Waals surface area contributed by atoms with Gasteiger partial charge in [-0.2, -0.15) is 5.10 Å². The molecule has 0 atom stereocenters. The fourth-order valence-electron chi connectivity index (χ4n) is 2.43. The number of nitrogens with one attached hydrogen (secondary N) is 1. The fourth-order valence-corrected chi connectivity index (χ4v) is 2.66. The zero-order valence-electron chi connectivity index (χ0n) is 13.6. The molecule has 130 valence electrons. The molecule has 0 unspecified atom stereocenters. The summed E-state index contributed by atoms with van der Waals surface area (Å²) in [4.78, 5) is 12.3. The molecule has 1 amide bonds. The van der Waals surface area contributed by atoms with E-state index in [2.05, 4.69) is 10.4 Å². The summed E-state index contributed by atoms with van der Waals surface area (Å²) in [5.74, 6) is 0.347. The predicted octanol–water partition coefficient (Wildman–Crippen LogP) is 2.65. The summed E-state index contributed by atoms with van der Waals surface area (Å²) in [7, 11) is 0. The summed E-state index contributed by atoms with van der Waals surface area (Å²) in [6.45, 7) is 1.44. The van der Waals surface area contributed by atoms with Crippen LogP contribution >= 0.6 is 11.6 Å². The lowest BCUT2D eigenvalue weighted by atomic mass is 10.2. The van der Waals surface area contributed by atoms with Gasteiger partial charge in [0.25, 0.3) is 5.91 Å². The summed E-state index contributed by atoms with van der Waals surface area (Å²) >= 11 is 6.18. The predicted molar refractivity (Wildman–Crippen MR) is 97.0 cm³/mol. The van der Waals surface area contributed by atoms with E-state index in [1.807, 2.05) is 24.4 Å². The van der Waals surface area contributed by atoms with Gasteiger partial charge in [0, 0.05) is 23.9 Å². The summed E-state index contributed by atoms with van der Waals surface area (Å²) in [6, 6.07) is 10.8. The molecular weight excluding hydrogens is 340 g/mol. The van der Waals surface area contributed by atoms with Gasteiger partial charge in [-0.25, -0.2) is 4.52 Å². The van der Waals surface area contributed by atoms with Crippen molar-refractivity contribution in [3.8, 4) is 5.75 Å². The van der Waals surface area contributed by atoms with Crippen LogP contribution in [0.2, 0.25) is 5.02 Å². The van der Waals surface area contributed by atoms with Crippen molar-refractivity contribution in [2.75, 3.05) is 13.2 Å². The minimum Gasteiger partial charge on any atom is -0.492 e. The second-order valence-electron chi connectivity index (χ2n) is 5.52. The molecule has 1 aromatic carbocycles. The van der Waals surface area contributed by atoms with Gasteiger partial charge in [0.2, 0.25) is 0 Å². The molecule has 0 bridgehead atoms. The summed E-state index contributed by atoms with van der Waals surface area (Å²) in [5, 5.41) is 7.54. The Bertz CT molecular complexity index is 878. The third-order valence-electron chi connectivity index (χ3n) is 3.75. The zero-order valence-corrected chi connectivity index (χ0v) is 14.4. The Kier molecular flexibility index (Phi) is 5.53. The minimum absolute atomic E-state index is 0.203. The first-order valence-corrected chi connectivity index (χ1v) is 8.38. The van der Waals surface area contributed by atoms with Crippen LogP contribution in [0.15, 0.2) is 48.8 Å². The molecule has 25 heavy (non-hydrogen) atoms. The quantitative estimate of drug-likeness (QED) is 0.636. The van der Waals surface area contributed by atoms with Gasteiger partial charge in [-0.05, 0) is 43.3 Å². The third kappa shape index (κ3) is 4.10. The second-order valence-corrected chi connectivity index (χ2v) is 5.93. The van der Waals surface area contributed by atoms with Gasteiger partial charge >= 0.3 is 0 Å². The lowest BCUT2D eigenvalue weighted by Gasteiger charge is -2.09. The number of nitrogens with zero attached hydrogens (tertiary/aromatic N) is 2. The number of carbonyl (C=O) groups is 1. The Balaban J connectivity index is 1.64. The van der Waals surface area contributed by atoms with Crippen molar-refractivity contribution in [3.05, 3.63) is 64.9 Å². The highest BCUT2D eigenvalue weighted by atomic mass is 35.5. The van der Waals surface area contributed by atoms with Crippen LogP contribution in [0.3, 0.4) is 0 Å². The molecule has 0 radical (unpaired) electrons. The second kappa shape index (κ2) is 8.00. The molecule has 3 rings (SSSR count). The van der Waals surface area contributed by atoms with Gasteiger partial charge in [0.15, 0.2) is 0 Å². The maximum Gasteiger partial charge on any atom is 0.251 e. The highest BCUT2D eigenvalue weighted by Gasteiger charge is 2.11. The lowest BCUT2D eigenvalue weighted by molar-refractivity contribution is 0.0951. The maximum atomic E-state index is 12.3. The Hall–Kier alpha value is -2.57. The van der Waals surface area contributed by atoms with E-state index in [0.29, 0.717) is 36.0 Å². The van der Waals surface area contributed by atoms with Crippen LogP contribution < -0.4 is 15.8 Å². The summed E-state index contributed by atoms with van der Waals surface area (Å²) in [5.41, 5.74) is 7.82. The van der Waals surface area contributed by atoms with E-state index in [4.69, 9.17) is 22.1 Å². The van der Waals surface area contributed by atoms with E-state index < -0.39 is 0 Å². The number of benzene rings is 1. The van der Waals surface area contributed by atoms with Crippen LogP contribution in [0, 0.1) is 0 Å². The van der Waals surface area contributed by atoms with Crippen LogP contribution in [-0.4, -0.2) is 28.7 Å². The Labute approximate surface area is 150 Å². The molecule has 0 saturated heterocycles. The SMILES string of the molecule is NCCCOc1ccc(C(=O)NCc2cnn3ccccc23)cc1Cl. The first-order valence-electron chi connectivity index (χ1n) is 8.01. The number of pyridine rings is 1. The highest BCUT2D eigenvalue weighted by molar-refractivity contribution is 6.32. The monoisotopic (exact) mass is 358 g/mol. The van der Waals surface area contributed by atoms with Crippen molar-refractivity contribution < 1.29 is 9.53 Å². The first kappa shape index (κ1) is 17.3. The van der Waals surface area contributed by atoms with E-state index in [9.17, 15) is 4.79 Å². The fraction of sp³-hybridized carbons (Fsp3) is 0.222. The molecule has 0 spiro atoms. The standard InChI is InChI=1S/C18H19ClN4O2/c19-15-10-13(5-6-17(15)25-9-3-7-20)18(24)21-11-14-12-22-23-8-2-1-4-16(14)23/h1-2,4-6,8,10,12H,3,7,9,11,20H2,(H,21,24). The smallest absolute Gasteiger partial charge is 0.251 e. The van der Waals surface area contributed by atoms with Crippen LogP contribution in [-0.2, 0) is 6.54 Å². The van der Waals surface area contributed by atoms with E-state index >= 15 is 0 Å². The van der Waals surface area contributed by atoms with Crippen molar-refractivity contribution in [1.29, 1.82) is 0 Å². The van der Waals surface area contributed by atoms with E-state index in [0.717, 1.165) is 17.5 Å². The zero-order chi connectivity index (χ0) is 17.6. The molecule has 0 fully saturated rings. The van der Waals surface area contributed by atoms with Gasteiger partial charge in [0.1, 0.15) is 5.75 Å². The van der Waals surface area contributed by atoms with Gasteiger partial charge < -0.3 is 15.8 Å². The maximum absolute atomic E-state index is 12.3. The number of ether oxygens (including phenoxy) is 1. The summed E-state index contributed by atoms with van der Waals surface area (Å²) in [6.07, 6.45) is 4.36. The van der Waals surface area contributed by atoms with Gasteiger partial charge in [-0.3, -0.25) is 4.79 Å².